The quantitative estimate of drug-likeness (QED) is 0.906. The summed E-state index contributed by atoms with van der Waals surface area (Å²) in [5.41, 5.74) is 2.79. The summed E-state index contributed by atoms with van der Waals surface area (Å²) in [5, 5.41) is 3.64. The van der Waals surface area contributed by atoms with E-state index >= 15 is 0 Å². The number of nitrogens with zero attached hydrogens (tertiary/aromatic N) is 1. The number of piperidine rings is 1. The number of rotatable bonds is 4. The van der Waals surface area contributed by atoms with E-state index in [1.807, 2.05) is 0 Å². The molecule has 3 heteroatoms. The SMILES string of the molecule is CCC1CC2CC(=O)CC1N(CCC1c3ccccc3NC1C)C2. The highest BCUT2D eigenvalue weighted by atomic mass is 16.1. The molecule has 0 radical (unpaired) electrons. The zero-order valence-corrected chi connectivity index (χ0v) is 15.0. The number of ketones is 1. The van der Waals surface area contributed by atoms with E-state index in [-0.39, 0.29) is 0 Å². The highest BCUT2D eigenvalue weighted by Crippen LogP contribution is 2.40. The van der Waals surface area contributed by atoms with E-state index in [2.05, 4.69) is 48.3 Å². The number of carbonyl (C=O) groups excluding carboxylic acids is 1. The van der Waals surface area contributed by atoms with Crippen molar-refractivity contribution < 1.29 is 4.79 Å². The van der Waals surface area contributed by atoms with E-state index in [4.69, 9.17) is 0 Å². The van der Waals surface area contributed by atoms with Crippen molar-refractivity contribution in [2.24, 2.45) is 11.8 Å². The predicted octanol–water partition coefficient (Wildman–Crippen LogP) is 4.05. The Labute approximate surface area is 145 Å². The van der Waals surface area contributed by atoms with Crippen molar-refractivity contribution in [2.45, 2.75) is 64.0 Å². The van der Waals surface area contributed by atoms with Gasteiger partial charge < -0.3 is 5.32 Å². The topological polar surface area (TPSA) is 32.3 Å². The third-order valence-corrected chi connectivity index (χ3v) is 6.69. The molecule has 1 N–H and O–H groups in total. The Kier molecular flexibility index (Phi) is 4.38. The van der Waals surface area contributed by atoms with E-state index in [0.29, 0.717) is 29.7 Å². The summed E-state index contributed by atoms with van der Waals surface area (Å²) in [6, 6.07) is 9.77. The second-order valence-electron chi connectivity index (χ2n) is 8.19. The monoisotopic (exact) mass is 326 g/mol. The number of fused-ring (bicyclic) bond motifs is 5. The molecular weight excluding hydrogens is 296 g/mol. The zero-order chi connectivity index (χ0) is 16.7. The van der Waals surface area contributed by atoms with Crippen LogP contribution in [0.2, 0.25) is 0 Å². The number of para-hydroxylation sites is 1. The van der Waals surface area contributed by atoms with Gasteiger partial charge in [0.05, 0.1) is 0 Å². The molecule has 5 rings (SSSR count). The minimum absolute atomic E-state index is 0.501. The number of nitrogens with one attached hydrogen (secondary N) is 1. The number of carbonyl (C=O) groups is 1. The van der Waals surface area contributed by atoms with Crippen molar-refractivity contribution in [1.82, 2.24) is 4.90 Å². The lowest BCUT2D eigenvalue weighted by Gasteiger charge is -2.42. The zero-order valence-electron chi connectivity index (χ0n) is 15.0. The molecule has 1 aromatic carbocycles. The molecular formula is C21H30N2O. The van der Waals surface area contributed by atoms with Crippen LogP contribution in [-0.2, 0) is 4.79 Å². The van der Waals surface area contributed by atoms with Crippen LogP contribution < -0.4 is 5.32 Å². The number of hydrogen-bond donors (Lipinski definition) is 1. The number of hydrogen-bond acceptors (Lipinski definition) is 3. The maximum absolute atomic E-state index is 12.2. The van der Waals surface area contributed by atoms with Crippen LogP contribution in [0.15, 0.2) is 24.3 Å². The summed E-state index contributed by atoms with van der Waals surface area (Å²) in [4.78, 5) is 14.9. The summed E-state index contributed by atoms with van der Waals surface area (Å²) in [6.45, 7) is 6.88. The average molecular weight is 326 g/mol. The lowest BCUT2D eigenvalue weighted by molar-refractivity contribution is -0.119. The largest absolute Gasteiger partial charge is 0.382 e. The summed E-state index contributed by atoms with van der Waals surface area (Å²) in [5.74, 6) is 2.43. The van der Waals surface area contributed by atoms with E-state index in [1.165, 1.54) is 30.5 Å². The third-order valence-electron chi connectivity index (χ3n) is 6.69. The van der Waals surface area contributed by atoms with Crippen LogP contribution in [0.1, 0.15) is 57.4 Å². The molecule has 1 aliphatic carbocycles. The fraction of sp³-hybridized carbons (Fsp3) is 0.667. The molecule has 24 heavy (non-hydrogen) atoms. The van der Waals surface area contributed by atoms with E-state index < -0.39 is 0 Å². The normalized spacial score (nSPS) is 35.6. The summed E-state index contributed by atoms with van der Waals surface area (Å²) in [7, 11) is 0. The summed E-state index contributed by atoms with van der Waals surface area (Å²) >= 11 is 0. The Hall–Kier alpha value is -1.35. The minimum Gasteiger partial charge on any atom is -0.382 e. The van der Waals surface area contributed by atoms with Gasteiger partial charge in [-0.05, 0) is 49.8 Å². The molecule has 3 aliphatic heterocycles. The van der Waals surface area contributed by atoms with Crippen LogP contribution in [-0.4, -0.2) is 35.9 Å². The molecule has 5 atom stereocenters. The molecule has 130 valence electrons. The van der Waals surface area contributed by atoms with Crippen LogP contribution in [0, 0.1) is 11.8 Å². The van der Waals surface area contributed by atoms with Gasteiger partial charge >= 0.3 is 0 Å². The van der Waals surface area contributed by atoms with Crippen molar-refractivity contribution in [3.8, 4) is 0 Å². The van der Waals surface area contributed by atoms with Gasteiger partial charge in [0.1, 0.15) is 5.78 Å². The Morgan fingerprint density at radius 3 is 2.92 bits per heavy atom. The smallest absolute Gasteiger partial charge is 0.134 e. The number of Topliss-reactive ketones (excluding diaryl/α,β-unsaturated/α-hetero) is 1. The molecule has 4 aliphatic rings. The van der Waals surface area contributed by atoms with Gasteiger partial charge in [-0.15, -0.1) is 0 Å². The first-order chi connectivity index (χ1) is 11.7. The molecule has 3 nitrogen and oxygen atoms in total. The van der Waals surface area contributed by atoms with Crippen molar-refractivity contribution >= 4 is 11.5 Å². The highest BCUT2D eigenvalue weighted by Gasteiger charge is 2.40. The molecule has 1 aromatic rings. The van der Waals surface area contributed by atoms with Crippen molar-refractivity contribution in [3.05, 3.63) is 29.8 Å². The molecule has 5 unspecified atom stereocenters. The van der Waals surface area contributed by atoms with E-state index in [9.17, 15) is 4.79 Å². The molecule has 0 aromatic heterocycles. The van der Waals surface area contributed by atoms with Gasteiger partial charge in [0.15, 0.2) is 0 Å². The Bertz CT molecular complexity index is 614. The standard InChI is InChI=1S/C21H30N2O/c1-3-16-10-15-11-17(24)12-21(16)23(13-15)9-8-18-14(2)22-20-7-5-4-6-19(18)20/h4-7,14-16,18,21-22H,3,8-13H2,1-2H3. The van der Waals surface area contributed by atoms with Crippen LogP contribution in [0.25, 0.3) is 0 Å². The first kappa shape index (κ1) is 16.1. The fourth-order valence-corrected chi connectivity index (χ4v) is 5.48. The number of anilines is 1. The van der Waals surface area contributed by atoms with E-state index in [1.54, 1.807) is 0 Å². The van der Waals surface area contributed by atoms with Crippen LogP contribution >= 0.6 is 0 Å². The van der Waals surface area contributed by atoms with Crippen LogP contribution in [0.5, 0.6) is 0 Å². The average Bonchev–Trinajstić information content (AvgIpc) is 2.70. The fourth-order valence-electron chi connectivity index (χ4n) is 5.48. The first-order valence-corrected chi connectivity index (χ1v) is 9.77. The van der Waals surface area contributed by atoms with Crippen molar-refractivity contribution in [3.63, 3.8) is 0 Å². The van der Waals surface area contributed by atoms with Gasteiger partial charge in [0, 0.05) is 43.1 Å². The maximum Gasteiger partial charge on any atom is 0.134 e. The van der Waals surface area contributed by atoms with Gasteiger partial charge in [-0.3, -0.25) is 9.69 Å². The van der Waals surface area contributed by atoms with Gasteiger partial charge in [-0.25, -0.2) is 0 Å². The van der Waals surface area contributed by atoms with Crippen LogP contribution in [0.4, 0.5) is 5.69 Å². The molecule has 2 bridgehead atoms. The molecule has 3 fully saturated rings. The molecule has 0 spiro atoms. The summed E-state index contributed by atoms with van der Waals surface area (Å²) in [6.07, 6.45) is 5.31. The van der Waals surface area contributed by atoms with Crippen molar-refractivity contribution in [2.75, 3.05) is 18.4 Å². The lowest BCUT2D eigenvalue weighted by Crippen LogP contribution is -2.47. The Balaban J connectivity index is 1.47. The van der Waals surface area contributed by atoms with Gasteiger partial charge in [0.25, 0.3) is 0 Å². The maximum atomic E-state index is 12.2. The second kappa shape index (κ2) is 6.51. The molecule has 3 heterocycles. The van der Waals surface area contributed by atoms with Gasteiger partial charge in [-0.2, -0.15) is 0 Å². The summed E-state index contributed by atoms with van der Waals surface area (Å²) < 4.78 is 0. The Morgan fingerprint density at radius 2 is 2.08 bits per heavy atom. The molecule has 2 saturated heterocycles. The minimum atomic E-state index is 0.501. The number of benzene rings is 1. The second-order valence-corrected chi connectivity index (χ2v) is 8.19. The third kappa shape index (κ3) is 2.88. The highest BCUT2D eigenvalue weighted by molar-refractivity contribution is 5.80. The van der Waals surface area contributed by atoms with E-state index in [0.717, 1.165) is 31.8 Å². The first-order valence-electron chi connectivity index (χ1n) is 9.77. The Morgan fingerprint density at radius 1 is 1.25 bits per heavy atom. The van der Waals surface area contributed by atoms with Crippen LogP contribution in [0.3, 0.4) is 0 Å². The van der Waals surface area contributed by atoms with Crippen molar-refractivity contribution in [1.29, 1.82) is 0 Å². The molecule has 0 amide bonds. The van der Waals surface area contributed by atoms with Gasteiger partial charge in [-0.1, -0.05) is 31.5 Å². The molecule has 1 saturated carbocycles. The predicted molar refractivity (Wildman–Crippen MR) is 98.4 cm³/mol. The van der Waals surface area contributed by atoms with Gasteiger partial charge in [0.2, 0.25) is 0 Å². The lowest BCUT2D eigenvalue weighted by atomic mass is 9.82.